The van der Waals surface area contributed by atoms with Crippen molar-refractivity contribution in [3.8, 4) is 5.75 Å². The number of nitrogens with two attached hydrogens (primary N) is 1. The van der Waals surface area contributed by atoms with Crippen molar-refractivity contribution in [2.24, 2.45) is 5.84 Å². The number of phenols is 1. The van der Waals surface area contributed by atoms with Crippen molar-refractivity contribution in [3.63, 3.8) is 0 Å². The number of aromatic hydroxyl groups is 1. The minimum Gasteiger partial charge on any atom is -0.504 e. The van der Waals surface area contributed by atoms with Crippen LogP contribution in [0.25, 0.3) is 10.9 Å². The Kier molecular flexibility index (Phi) is 3.11. The van der Waals surface area contributed by atoms with E-state index in [1.807, 2.05) is 18.2 Å². The lowest BCUT2D eigenvalue weighted by Crippen LogP contribution is -2.06. The number of hydrazine groups is 1. The van der Waals surface area contributed by atoms with Gasteiger partial charge in [-0.2, -0.15) is 0 Å². The highest BCUT2D eigenvalue weighted by Gasteiger charge is 2.04. The van der Waals surface area contributed by atoms with Crippen molar-refractivity contribution in [1.82, 2.24) is 4.98 Å². The van der Waals surface area contributed by atoms with Crippen LogP contribution in [0, 0.1) is 0 Å². The molecular weight excluding hydrogens is 202 g/mol. The molecule has 1 heterocycles. The number of fused-ring (bicyclic) bond motifs is 1. The normalized spacial score (nSPS) is 9.50. The molecule has 14 heavy (non-hydrogen) atoms. The second-order valence-corrected chi connectivity index (χ2v) is 2.68. The fraction of sp³-hybridized carbons (Fsp3) is 0. The van der Waals surface area contributed by atoms with Crippen LogP contribution in [0.3, 0.4) is 0 Å². The number of halogens is 1. The Morgan fingerprint density at radius 3 is 2.79 bits per heavy atom. The van der Waals surface area contributed by atoms with Crippen LogP contribution in [-0.2, 0) is 0 Å². The van der Waals surface area contributed by atoms with E-state index in [-0.39, 0.29) is 18.2 Å². The average Bonchev–Trinajstić information content (AvgIpc) is 2.19. The van der Waals surface area contributed by atoms with Crippen LogP contribution >= 0.6 is 12.4 Å². The molecule has 74 valence electrons. The highest BCUT2D eigenvalue weighted by Crippen LogP contribution is 2.29. The zero-order valence-corrected chi connectivity index (χ0v) is 8.08. The minimum absolute atomic E-state index is 0. The lowest BCUT2D eigenvalue weighted by molar-refractivity contribution is 0.482. The Hall–Kier alpha value is -1.52. The SMILES string of the molecule is Cl.NNc1ccc2cccnc2c1O. The molecule has 0 saturated carbocycles. The van der Waals surface area contributed by atoms with Gasteiger partial charge in [-0.3, -0.25) is 10.8 Å². The van der Waals surface area contributed by atoms with E-state index in [1.165, 1.54) is 0 Å². The van der Waals surface area contributed by atoms with Crippen molar-refractivity contribution in [3.05, 3.63) is 30.5 Å². The van der Waals surface area contributed by atoms with E-state index >= 15 is 0 Å². The Labute approximate surface area is 87.1 Å². The molecule has 0 saturated heterocycles. The summed E-state index contributed by atoms with van der Waals surface area (Å²) in [6.45, 7) is 0. The number of nitrogen functional groups attached to an aromatic ring is 1. The number of nitrogens with zero attached hydrogens (tertiary/aromatic N) is 1. The second-order valence-electron chi connectivity index (χ2n) is 2.68. The fourth-order valence-corrected chi connectivity index (χ4v) is 1.25. The van der Waals surface area contributed by atoms with Crippen molar-refractivity contribution in [2.45, 2.75) is 0 Å². The summed E-state index contributed by atoms with van der Waals surface area (Å²) in [4.78, 5) is 4.04. The zero-order valence-electron chi connectivity index (χ0n) is 7.27. The van der Waals surface area contributed by atoms with E-state index in [2.05, 4.69) is 10.4 Å². The molecule has 2 rings (SSSR count). The number of rotatable bonds is 1. The van der Waals surface area contributed by atoms with Gasteiger partial charge in [0.05, 0.1) is 5.69 Å². The van der Waals surface area contributed by atoms with Crippen LogP contribution in [0.4, 0.5) is 5.69 Å². The lowest BCUT2D eigenvalue weighted by atomic mass is 10.2. The molecule has 5 heteroatoms. The Morgan fingerprint density at radius 1 is 1.29 bits per heavy atom. The molecule has 0 spiro atoms. The predicted molar refractivity (Wildman–Crippen MR) is 58.5 cm³/mol. The molecule has 1 aromatic heterocycles. The van der Waals surface area contributed by atoms with Gasteiger partial charge in [-0.25, -0.2) is 0 Å². The summed E-state index contributed by atoms with van der Waals surface area (Å²) in [5.74, 6) is 5.29. The standard InChI is InChI=1S/C9H9N3O.ClH/c10-12-7-4-3-6-2-1-5-11-8(6)9(7)13;/h1-5,12-13H,10H2;1H. The fourth-order valence-electron chi connectivity index (χ4n) is 1.25. The first-order valence-corrected chi connectivity index (χ1v) is 3.86. The summed E-state index contributed by atoms with van der Waals surface area (Å²) in [6, 6.07) is 7.25. The molecule has 4 nitrogen and oxygen atoms in total. The molecule has 0 fully saturated rings. The minimum atomic E-state index is 0. The van der Waals surface area contributed by atoms with Gasteiger partial charge < -0.3 is 10.5 Å². The van der Waals surface area contributed by atoms with Gasteiger partial charge in [0.25, 0.3) is 0 Å². The number of phenolic OH excluding ortho intramolecular Hbond substituents is 1. The quantitative estimate of drug-likeness (QED) is 0.381. The summed E-state index contributed by atoms with van der Waals surface area (Å²) < 4.78 is 0. The second kappa shape index (κ2) is 4.13. The summed E-state index contributed by atoms with van der Waals surface area (Å²) in [7, 11) is 0. The number of pyridine rings is 1. The van der Waals surface area contributed by atoms with E-state index in [4.69, 9.17) is 5.84 Å². The predicted octanol–water partition coefficient (Wildman–Crippen LogP) is 1.65. The van der Waals surface area contributed by atoms with Gasteiger partial charge in [0.2, 0.25) is 0 Å². The van der Waals surface area contributed by atoms with E-state index < -0.39 is 0 Å². The van der Waals surface area contributed by atoms with Gasteiger partial charge in [-0.1, -0.05) is 12.1 Å². The van der Waals surface area contributed by atoms with Crippen molar-refractivity contribution in [2.75, 3.05) is 5.43 Å². The van der Waals surface area contributed by atoms with E-state index in [0.717, 1.165) is 5.39 Å². The third-order valence-electron chi connectivity index (χ3n) is 1.90. The molecule has 2 aromatic rings. The number of hydrogen-bond donors (Lipinski definition) is 3. The van der Waals surface area contributed by atoms with Gasteiger partial charge in [0.1, 0.15) is 5.52 Å². The molecule has 4 N–H and O–H groups in total. The summed E-state index contributed by atoms with van der Waals surface area (Å²) >= 11 is 0. The third kappa shape index (κ3) is 1.57. The number of nitrogens with one attached hydrogen (secondary N) is 1. The van der Waals surface area contributed by atoms with E-state index in [9.17, 15) is 5.11 Å². The number of aromatic nitrogens is 1. The number of anilines is 1. The molecule has 0 amide bonds. The molecule has 0 bridgehead atoms. The van der Waals surface area contributed by atoms with Crippen molar-refractivity contribution in [1.29, 1.82) is 0 Å². The average molecular weight is 212 g/mol. The summed E-state index contributed by atoms with van der Waals surface area (Å²) in [5, 5.41) is 10.5. The maximum atomic E-state index is 9.64. The van der Waals surface area contributed by atoms with Crippen LogP contribution in [0.1, 0.15) is 0 Å². The van der Waals surface area contributed by atoms with Gasteiger partial charge in [-0.05, 0) is 12.1 Å². The lowest BCUT2D eigenvalue weighted by Gasteiger charge is -2.05. The first-order chi connectivity index (χ1) is 6.33. The number of benzene rings is 1. The smallest absolute Gasteiger partial charge is 0.166 e. The Morgan fingerprint density at radius 2 is 2.07 bits per heavy atom. The third-order valence-corrected chi connectivity index (χ3v) is 1.90. The Balaban J connectivity index is 0.000000980. The van der Waals surface area contributed by atoms with Gasteiger partial charge >= 0.3 is 0 Å². The zero-order chi connectivity index (χ0) is 9.26. The molecule has 0 aliphatic rings. The summed E-state index contributed by atoms with van der Waals surface area (Å²) in [6.07, 6.45) is 1.63. The van der Waals surface area contributed by atoms with Crippen molar-refractivity contribution < 1.29 is 5.11 Å². The topological polar surface area (TPSA) is 71.2 Å². The molecule has 0 aliphatic carbocycles. The van der Waals surface area contributed by atoms with Crippen LogP contribution < -0.4 is 11.3 Å². The molecular formula is C9H10ClN3O. The van der Waals surface area contributed by atoms with E-state index in [1.54, 1.807) is 12.3 Å². The van der Waals surface area contributed by atoms with Gasteiger partial charge in [0, 0.05) is 11.6 Å². The Bertz CT molecular complexity index is 447. The van der Waals surface area contributed by atoms with Crippen LogP contribution in [0.5, 0.6) is 5.75 Å². The largest absolute Gasteiger partial charge is 0.504 e. The molecule has 0 atom stereocenters. The van der Waals surface area contributed by atoms with Crippen LogP contribution in [0.15, 0.2) is 30.5 Å². The highest BCUT2D eigenvalue weighted by molar-refractivity contribution is 5.89. The summed E-state index contributed by atoms with van der Waals surface area (Å²) in [5.41, 5.74) is 3.43. The highest BCUT2D eigenvalue weighted by atomic mass is 35.5. The van der Waals surface area contributed by atoms with Gasteiger partial charge in [0.15, 0.2) is 5.75 Å². The van der Waals surface area contributed by atoms with Crippen LogP contribution in [0.2, 0.25) is 0 Å². The maximum absolute atomic E-state index is 9.64. The monoisotopic (exact) mass is 211 g/mol. The van der Waals surface area contributed by atoms with Gasteiger partial charge in [-0.15, -0.1) is 12.4 Å². The number of hydrogen-bond acceptors (Lipinski definition) is 4. The van der Waals surface area contributed by atoms with E-state index in [0.29, 0.717) is 11.2 Å². The molecule has 0 aliphatic heterocycles. The first kappa shape index (κ1) is 10.6. The van der Waals surface area contributed by atoms with Crippen molar-refractivity contribution >= 4 is 29.0 Å². The molecule has 1 aromatic carbocycles. The molecule has 0 radical (unpaired) electrons. The van der Waals surface area contributed by atoms with Crippen LogP contribution in [-0.4, -0.2) is 10.1 Å². The molecule has 0 unspecified atom stereocenters. The first-order valence-electron chi connectivity index (χ1n) is 3.86. The maximum Gasteiger partial charge on any atom is 0.166 e.